The van der Waals surface area contributed by atoms with Gasteiger partial charge >= 0.3 is 0 Å². The Hall–Kier alpha value is -0.640. The summed E-state index contributed by atoms with van der Waals surface area (Å²) in [5, 5.41) is 6.20. The van der Waals surface area contributed by atoms with E-state index in [0.29, 0.717) is 11.5 Å². The van der Waals surface area contributed by atoms with Crippen molar-refractivity contribution in [2.45, 2.75) is 51.5 Å². The minimum absolute atomic E-state index is 0.0502. The third-order valence-electron chi connectivity index (χ3n) is 2.43. The second kappa shape index (κ2) is 5.96. The lowest BCUT2D eigenvalue weighted by Gasteiger charge is -2.24. The van der Waals surface area contributed by atoms with Gasteiger partial charge in [-0.2, -0.15) is 0 Å². The fourth-order valence-corrected chi connectivity index (χ4v) is 1.95. The molecule has 0 aromatic heterocycles. The summed E-state index contributed by atoms with van der Waals surface area (Å²) >= 11 is 4.92. The monoisotopic (exact) mass is 214 g/mol. The van der Waals surface area contributed by atoms with E-state index < -0.39 is 0 Å². The smallest absolute Gasteiger partial charge is 0.228 e. The van der Waals surface area contributed by atoms with Crippen molar-refractivity contribution >= 4 is 23.2 Å². The van der Waals surface area contributed by atoms with Gasteiger partial charge in [-0.3, -0.25) is 4.79 Å². The van der Waals surface area contributed by atoms with Gasteiger partial charge in [-0.15, -0.1) is 0 Å². The molecule has 0 aromatic carbocycles. The molecule has 1 atom stereocenters. The minimum Gasteiger partial charge on any atom is -0.359 e. The van der Waals surface area contributed by atoms with Crippen LogP contribution in [0, 0.1) is 0 Å². The van der Waals surface area contributed by atoms with E-state index in [0.717, 1.165) is 6.42 Å². The lowest BCUT2D eigenvalue weighted by atomic mass is 10.0. The SMILES string of the molecule is CCCCCCC1CC(=O)NC(=S)N1. The van der Waals surface area contributed by atoms with Gasteiger partial charge in [-0.25, -0.2) is 0 Å². The first-order valence-corrected chi connectivity index (χ1v) is 5.73. The molecule has 1 rings (SSSR count). The van der Waals surface area contributed by atoms with Crippen molar-refractivity contribution in [2.75, 3.05) is 0 Å². The molecule has 0 aliphatic carbocycles. The van der Waals surface area contributed by atoms with E-state index in [2.05, 4.69) is 17.6 Å². The lowest BCUT2D eigenvalue weighted by Crippen LogP contribution is -2.51. The van der Waals surface area contributed by atoms with Gasteiger partial charge in [0.2, 0.25) is 5.91 Å². The number of nitrogens with one attached hydrogen (secondary N) is 2. The summed E-state index contributed by atoms with van der Waals surface area (Å²) in [5.74, 6) is 0.0502. The summed E-state index contributed by atoms with van der Waals surface area (Å²) in [7, 11) is 0. The number of carbonyl (C=O) groups is 1. The third kappa shape index (κ3) is 4.05. The van der Waals surface area contributed by atoms with Crippen molar-refractivity contribution in [2.24, 2.45) is 0 Å². The normalized spacial score (nSPS) is 21.6. The van der Waals surface area contributed by atoms with Gasteiger partial charge in [0, 0.05) is 12.5 Å². The van der Waals surface area contributed by atoms with Crippen molar-refractivity contribution in [3.63, 3.8) is 0 Å². The molecular weight excluding hydrogens is 196 g/mol. The van der Waals surface area contributed by atoms with Gasteiger partial charge in [-0.05, 0) is 18.6 Å². The van der Waals surface area contributed by atoms with Crippen molar-refractivity contribution < 1.29 is 4.79 Å². The molecule has 0 spiro atoms. The zero-order chi connectivity index (χ0) is 10.4. The van der Waals surface area contributed by atoms with E-state index in [1.807, 2.05) is 0 Å². The molecule has 2 N–H and O–H groups in total. The van der Waals surface area contributed by atoms with Gasteiger partial charge in [0.25, 0.3) is 0 Å². The van der Waals surface area contributed by atoms with E-state index in [4.69, 9.17) is 12.2 Å². The molecule has 1 saturated heterocycles. The molecule has 0 aromatic rings. The number of amides is 1. The molecule has 4 heteroatoms. The number of hydrogen-bond donors (Lipinski definition) is 2. The molecule has 14 heavy (non-hydrogen) atoms. The van der Waals surface area contributed by atoms with Crippen LogP contribution in [-0.2, 0) is 4.79 Å². The lowest BCUT2D eigenvalue weighted by molar-refractivity contribution is -0.120. The number of carbonyl (C=O) groups excluding carboxylic acids is 1. The summed E-state index contributed by atoms with van der Waals surface area (Å²) in [5.41, 5.74) is 0. The second-order valence-electron chi connectivity index (χ2n) is 3.77. The molecule has 0 saturated carbocycles. The highest BCUT2D eigenvalue weighted by Gasteiger charge is 2.20. The molecular formula is C10H18N2OS. The van der Waals surface area contributed by atoms with E-state index in [9.17, 15) is 4.79 Å². The topological polar surface area (TPSA) is 41.1 Å². The number of rotatable bonds is 5. The standard InChI is InChI=1S/C10H18N2OS/c1-2-3-4-5-6-8-7-9(13)12-10(14)11-8/h8H,2-7H2,1H3,(H2,11,12,13,14). The molecule has 0 radical (unpaired) electrons. The number of unbranched alkanes of at least 4 members (excludes halogenated alkanes) is 3. The second-order valence-corrected chi connectivity index (χ2v) is 4.18. The van der Waals surface area contributed by atoms with Gasteiger partial charge in [0.15, 0.2) is 5.11 Å². The van der Waals surface area contributed by atoms with Crippen molar-refractivity contribution in [3.8, 4) is 0 Å². The predicted octanol–water partition coefficient (Wildman–Crippen LogP) is 1.72. The average molecular weight is 214 g/mol. The molecule has 80 valence electrons. The zero-order valence-electron chi connectivity index (χ0n) is 8.64. The highest BCUT2D eigenvalue weighted by atomic mass is 32.1. The maximum atomic E-state index is 11.1. The fraction of sp³-hybridized carbons (Fsp3) is 0.800. The van der Waals surface area contributed by atoms with Crippen molar-refractivity contribution in [1.29, 1.82) is 0 Å². The van der Waals surface area contributed by atoms with E-state index in [1.54, 1.807) is 0 Å². The Morgan fingerprint density at radius 2 is 2.21 bits per heavy atom. The Labute approximate surface area is 90.6 Å². The van der Waals surface area contributed by atoms with E-state index in [1.165, 1.54) is 25.7 Å². The minimum atomic E-state index is 0.0502. The van der Waals surface area contributed by atoms with Gasteiger partial charge < -0.3 is 10.6 Å². The maximum absolute atomic E-state index is 11.1. The fourth-order valence-electron chi connectivity index (χ4n) is 1.67. The average Bonchev–Trinajstić information content (AvgIpc) is 2.11. The first-order chi connectivity index (χ1) is 6.72. The van der Waals surface area contributed by atoms with Crippen LogP contribution in [0.15, 0.2) is 0 Å². The quantitative estimate of drug-likeness (QED) is 0.541. The highest BCUT2D eigenvalue weighted by molar-refractivity contribution is 7.80. The molecule has 1 aliphatic rings. The molecule has 1 aliphatic heterocycles. The van der Waals surface area contributed by atoms with Crippen LogP contribution in [0.25, 0.3) is 0 Å². The van der Waals surface area contributed by atoms with Crippen LogP contribution >= 0.6 is 12.2 Å². The highest BCUT2D eigenvalue weighted by Crippen LogP contribution is 2.09. The third-order valence-corrected chi connectivity index (χ3v) is 2.65. The van der Waals surface area contributed by atoms with Crippen LogP contribution < -0.4 is 10.6 Å². The molecule has 3 nitrogen and oxygen atoms in total. The van der Waals surface area contributed by atoms with Crippen LogP contribution in [0.4, 0.5) is 0 Å². The Bertz CT molecular complexity index is 202. The van der Waals surface area contributed by atoms with Crippen molar-refractivity contribution in [1.82, 2.24) is 10.6 Å². The summed E-state index contributed by atoms with van der Waals surface area (Å²) in [6.45, 7) is 2.20. The molecule has 1 fully saturated rings. The predicted molar refractivity (Wildman–Crippen MR) is 61.0 cm³/mol. The Morgan fingerprint density at radius 1 is 1.43 bits per heavy atom. The molecule has 1 heterocycles. The first kappa shape index (κ1) is 11.4. The van der Waals surface area contributed by atoms with Crippen LogP contribution in [0.2, 0.25) is 0 Å². The first-order valence-electron chi connectivity index (χ1n) is 5.32. The molecule has 0 bridgehead atoms. The summed E-state index contributed by atoms with van der Waals surface area (Å²) < 4.78 is 0. The van der Waals surface area contributed by atoms with Crippen LogP contribution in [-0.4, -0.2) is 17.1 Å². The Kier molecular flexibility index (Phi) is 4.87. The Balaban J connectivity index is 2.17. The zero-order valence-corrected chi connectivity index (χ0v) is 9.45. The number of hydrogen-bond acceptors (Lipinski definition) is 2. The van der Waals surface area contributed by atoms with Crippen LogP contribution in [0.5, 0.6) is 0 Å². The van der Waals surface area contributed by atoms with Gasteiger partial charge in [-0.1, -0.05) is 32.6 Å². The summed E-state index contributed by atoms with van der Waals surface area (Å²) in [6, 6.07) is 0.258. The van der Waals surface area contributed by atoms with Crippen LogP contribution in [0.3, 0.4) is 0 Å². The van der Waals surface area contributed by atoms with Gasteiger partial charge in [0.05, 0.1) is 0 Å². The molecule has 1 amide bonds. The van der Waals surface area contributed by atoms with E-state index >= 15 is 0 Å². The van der Waals surface area contributed by atoms with E-state index in [-0.39, 0.29) is 11.9 Å². The summed E-state index contributed by atoms with van der Waals surface area (Å²) in [4.78, 5) is 11.1. The number of thiocarbonyl (C=S) groups is 1. The van der Waals surface area contributed by atoms with Crippen molar-refractivity contribution in [3.05, 3.63) is 0 Å². The largest absolute Gasteiger partial charge is 0.359 e. The maximum Gasteiger partial charge on any atom is 0.228 e. The van der Waals surface area contributed by atoms with Crippen LogP contribution in [0.1, 0.15) is 45.4 Å². The molecule has 1 unspecified atom stereocenters. The summed E-state index contributed by atoms with van der Waals surface area (Å²) in [6.07, 6.45) is 6.57. The Morgan fingerprint density at radius 3 is 2.86 bits per heavy atom. The van der Waals surface area contributed by atoms with Gasteiger partial charge in [0.1, 0.15) is 0 Å².